The molecule has 0 aromatic heterocycles. The summed E-state index contributed by atoms with van der Waals surface area (Å²) < 4.78 is 0. The first-order valence-electron chi connectivity index (χ1n) is 13.6. The molecule has 0 saturated carbocycles. The molecule has 0 spiro atoms. The molecule has 0 N–H and O–H groups in total. The van der Waals surface area contributed by atoms with E-state index >= 15 is 0 Å². The minimum atomic E-state index is 0.341. The van der Waals surface area contributed by atoms with Crippen molar-refractivity contribution < 1.29 is 0 Å². The first kappa shape index (κ1) is 22.1. The number of hydrogen-bond donors (Lipinski definition) is 0. The molecule has 0 unspecified atom stereocenters. The van der Waals surface area contributed by atoms with Crippen molar-refractivity contribution in [1.29, 1.82) is 0 Å². The zero-order valence-corrected chi connectivity index (χ0v) is 22.9. The van der Waals surface area contributed by atoms with E-state index in [2.05, 4.69) is 104 Å². The Labute approximate surface area is 216 Å². The smallest absolute Gasteiger partial charge is 0.0205 e. The van der Waals surface area contributed by atoms with Gasteiger partial charge in [-0.25, -0.2) is 0 Å². The second-order valence-electron chi connectivity index (χ2n) is 12.2. The van der Waals surface area contributed by atoms with Crippen molar-refractivity contribution in [1.82, 2.24) is 0 Å². The van der Waals surface area contributed by atoms with E-state index in [9.17, 15) is 0 Å². The molecule has 0 heteroatoms. The molecule has 0 saturated heterocycles. The lowest BCUT2D eigenvalue weighted by Gasteiger charge is -2.51. The highest BCUT2D eigenvalue weighted by Gasteiger charge is 2.50. The van der Waals surface area contributed by atoms with Crippen molar-refractivity contribution >= 4 is 0 Å². The van der Waals surface area contributed by atoms with Crippen molar-refractivity contribution in [2.24, 2.45) is 0 Å². The van der Waals surface area contributed by atoms with Gasteiger partial charge >= 0.3 is 0 Å². The van der Waals surface area contributed by atoms with Crippen molar-refractivity contribution in [3.8, 4) is 0 Å². The highest BCUT2D eigenvalue weighted by atomic mass is 14.5. The van der Waals surface area contributed by atoms with E-state index < -0.39 is 0 Å². The Kier molecular flexibility index (Phi) is 4.43. The van der Waals surface area contributed by atoms with E-state index in [1.807, 2.05) is 0 Å². The van der Waals surface area contributed by atoms with E-state index in [0.29, 0.717) is 23.7 Å². The molecule has 180 valence electrons. The van der Waals surface area contributed by atoms with Crippen molar-refractivity contribution in [2.45, 2.75) is 79.1 Å². The molecule has 0 fully saturated rings. The summed E-state index contributed by atoms with van der Waals surface area (Å²) in [6.07, 6.45) is 0. The Bertz CT molecular complexity index is 1270. The summed E-state index contributed by atoms with van der Waals surface area (Å²) in [4.78, 5) is 0. The summed E-state index contributed by atoms with van der Waals surface area (Å²) >= 11 is 0. The minimum Gasteiger partial charge on any atom is -0.0549 e. The quantitative estimate of drug-likeness (QED) is 0.241. The van der Waals surface area contributed by atoms with Gasteiger partial charge in [-0.3, -0.25) is 0 Å². The maximum Gasteiger partial charge on any atom is 0.0205 e. The highest BCUT2D eigenvalue weighted by Crippen LogP contribution is 2.64. The van der Waals surface area contributed by atoms with Gasteiger partial charge in [-0.1, -0.05) is 48.5 Å². The topological polar surface area (TPSA) is 0 Å². The van der Waals surface area contributed by atoms with Crippen LogP contribution in [0.5, 0.6) is 0 Å². The molecule has 0 atom stereocenters. The summed E-state index contributed by atoms with van der Waals surface area (Å²) in [5.74, 6) is 1.36. The third-order valence-electron chi connectivity index (χ3n) is 10.1. The van der Waals surface area contributed by atoms with Crippen LogP contribution in [-0.4, -0.2) is 0 Å². The second kappa shape index (κ2) is 7.22. The van der Waals surface area contributed by atoms with Gasteiger partial charge in [-0.05, 0) is 144 Å². The van der Waals surface area contributed by atoms with Crippen molar-refractivity contribution in [3.63, 3.8) is 0 Å². The third-order valence-corrected chi connectivity index (χ3v) is 10.1. The fourth-order valence-electron chi connectivity index (χ4n) is 7.70. The van der Waals surface area contributed by atoms with E-state index in [1.165, 1.54) is 44.5 Å². The highest BCUT2D eigenvalue weighted by molar-refractivity contribution is 5.70. The monoisotopic (exact) mass is 468 g/mol. The van der Waals surface area contributed by atoms with Gasteiger partial charge in [0.25, 0.3) is 0 Å². The molecule has 6 aliphatic carbocycles. The van der Waals surface area contributed by atoms with Crippen LogP contribution in [0.4, 0.5) is 0 Å². The average molecular weight is 469 g/mol. The standard InChI is InChI=1S/C36H36/c1-17-9-25-26(10-18(17)2)34-28-12-20(4)19(3)11-27(28)33(25)35-29-13-21(5)23(7)15-31(29)36(34)32-16-24(8)22(6)14-30(32)35/h9-16,33-36H,1-8H3. The fraction of sp³-hybridized carbons (Fsp3) is 0.333. The van der Waals surface area contributed by atoms with Crippen LogP contribution >= 0.6 is 0 Å². The predicted molar refractivity (Wildman–Crippen MR) is 151 cm³/mol. The van der Waals surface area contributed by atoms with Crippen LogP contribution in [0, 0.1) is 55.4 Å². The first-order valence-corrected chi connectivity index (χ1v) is 13.6. The number of rotatable bonds is 0. The first-order chi connectivity index (χ1) is 17.2. The van der Waals surface area contributed by atoms with Crippen molar-refractivity contribution in [3.05, 3.63) is 138 Å². The lowest BCUT2D eigenvalue weighted by atomic mass is 9.52. The van der Waals surface area contributed by atoms with Crippen LogP contribution in [-0.2, 0) is 0 Å². The SMILES string of the molecule is Cc1cc2c(cc1C)C1c3cc(C)c(C)cc3C2C2c3cc(C)c(C)cc3C1c1cc(C)c(C)cc12. The van der Waals surface area contributed by atoms with Crippen molar-refractivity contribution in [2.75, 3.05) is 0 Å². The summed E-state index contributed by atoms with van der Waals surface area (Å²) in [5.41, 5.74) is 23.9. The third kappa shape index (κ3) is 2.71. The van der Waals surface area contributed by atoms with Crippen LogP contribution in [0.1, 0.15) is 113 Å². The molecule has 0 nitrogen and oxygen atoms in total. The van der Waals surface area contributed by atoms with Gasteiger partial charge in [0.2, 0.25) is 0 Å². The van der Waals surface area contributed by atoms with E-state index in [1.54, 1.807) is 44.5 Å². The van der Waals surface area contributed by atoms with Gasteiger partial charge in [0.05, 0.1) is 0 Å². The number of aryl methyl sites for hydroxylation is 8. The molecule has 0 amide bonds. The molecule has 10 rings (SSSR count). The molecule has 4 aromatic rings. The van der Waals surface area contributed by atoms with Gasteiger partial charge in [0.1, 0.15) is 0 Å². The molecule has 36 heavy (non-hydrogen) atoms. The zero-order valence-electron chi connectivity index (χ0n) is 22.9. The van der Waals surface area contributed by atoms with Gasteiger partial charge in [0.15, 0.2) is 0 Å². The minimum absolute atomic E-state index is 0.341. The average Bonchev–Trinajstić information content (AvgIpc) is 2.81. The van der Waals surface area contributed by atoms with Crippen LogP contribution in [0.25, 0.3) is 0 Å². The largest absolute Gasteiger partial charge is 0.0549 e. The van der Waals surface area contributed by atoms with Gasteiger partial charge in [-0.2, -0.15) is 0 Å². The molecule has 6 aliphatic rings. The van der Waals surface area contributed by atoms with E-state index in [-0.39, 0.29) is 0 Å². The Balaban J connectivity index is 1.69. The maximum absolute atomic E-state index is 2.54. The predicted octanol–water partition coefficient (Wildman–Crippen LogP) is 9.02. The summed E-state index contributed by atoms with van der Waals surface area (Å²) in [6, 6.07) is 20.4. The lowest BCUT2D eigenvalue weighted by Crippen LogP contribution is -2.36. The normalized spacial score (nSPS) is 22.4. The maximum atomic E-state index is 2.54. The fourth-order valence-corrected chi connectivity index (χ4v) is 7.70. The Morgan fingerprint density at radius 3 is 0.472 bits per heavy atom. The Hall–Kier alpha value is -3.12. The van der Waals surface area contributed by atoms with Crippen LogP contribution < -0.4 is 0 Å². The molecule has 4 bridgehead atoms. The summed E-state index contributed by atoms with van der Waals surface area (Å²) in [7, 11) is 0. The Morgan fingerprint density at radius 1 is 0.250 bits per heavy atom. The number of benzene rings is 4. The molecular formula is C36H36. The van der Waals surface area contributed by atoms with Crippen LogP contribution in [0.3, 0.4) is 0 Å². The van der Waals surface area contributed by atoms with Gasteiger partial charge in [-0.15, -0.1) is 0 Å². The van der Waals surface area contributed by atoms with E-state index in [0.717, 1.165) is 0 Å². The molecular weight excluding hydrogens is 432 g/mol. The molecule has 0 radical (unpaired) electrons. The van der Waals surface area contributed by atoms with Gasteiger partial charge in [0, 0.05) is 23.7 Å². The zero-order chi connectivity index (χ0) is 25.2. The summed E-state index contributed by atoms with van der Waals surface area (Å²) in [6.45, 7) is 18.4. The second-order valence-corrected chi connectivity index (χ2v) is 12.2. The van der Waals surface area contributed by atoms with E-state index in [4.69, 9.17) is 0 Å². The summed E-state index contributed by atoms with van der Waals surface area (Å²) in [5, 5.41) is 0. The van der Waals surface area contributed by atoms with Crippen LogP contribution in [0.15, 0.2) is 48.5 Å². The van der Waals surface area contributed by atoms with Gasteiger partial charge < -0.3 is 0 Å². The Morgan fingerprint density at radius 2 is 0.361 bits per heavy atom. The molecule has 4 aromatic carbocycles. The number of hydrogen-bond acceptors (Lipinski definition) is 0. The molecule has 0 aliphatic heterocycles. The van der Waals surface area contributed by atoms with Crippen LogP contribution in [0.2, 0.25) is 0 Å². The lowest BCUT2D eigenvalue weighted by molar-refractivity contribution is 0.527. The molecule has 0 heterocycles.